The molecule has 0 amide bonds. The van der Waals surface area contributed by atoms with E-state index in [1.54, 1.807) is 0 Å². The summed E-state index contributed by atoms with van der Waals surface area (Å²) in [5.74, 6) is -1.42. The third-order valence-electron chi connectivity index (χ3n) is 5.27. The Labute approximate surface area is 133 Å². The fourth-order valence-corrected chi connectivity index (χ4v) is 5.10. The number of carboxylic acids is 1. The second kappa shape index (κ2) is 5.44. The summed E-state index contributed by atoms with van der Waals surface area (Å²) in [5.41, 5.74) is -1.43. The van der Waals surface area contributed by atoms with Crippen LogP contribution in [0.2, 0.25) is 0 Å². The molecule has 0 spiro atoms. The van der Waals surface area contributed by atoms with Crippen LogP contribution in [0.5, 0.6) is 0 Å². The van der Waals surface area contributed by atoms with Crippen LogP contribution in [0.1, 0.15) is 38.5 Å². The third-order valence-corrected chi connectivity index (χ3v) is 5.53. The summed E-state index contributed by atoms with van der Waals surface area (Å²) in [4.78, 5) is 34.7. The Morgan fingerprint density at radius 3 is 2.27 bits per heavy atom. The van der Waals surface area contributed by atoms with Crippen molar-refractivity contribution in [2.75, 3.05) is 12.4 Å². The first-order chi connectivity index (χ1) is 10.4. The minimum absolute atomic E-state index is 0.0926. The van der Waals surface area contributed by atoms with Gasteiger partial charge in [0.2, 0.25) is 0 Å². The van der Waals surface area contributed by atoms with Gasteiger partial charge in [0, 0.05) is 6.42 Å². The third kappa shape index (κ3) is 2.71. The van der Waals surface area contributed by atoms with Crippen molar-refractivity contribution in [3.05, 3.63) is 0 Å². The second-order valence-electron chi connectivity index (χ2n) is 7.02. The highest BCUT2D eigenvalue weighted by Gasteiger charge is 2.62. The number of ether oxygens (including phenoxy) is 2. The fraction of sp³-hybridized carbons (Fsp3) is 0.800. The number of thiol groups is 1. The van der Waals surface area contributed by atoms with Crippen LogP contribution in [0.25, 0.3) is 0 Å². The molecule has 0 aromatic rings. The summed E-state index contributed by atoms with van der Waals surface area (Å²) in [6.45, 7) is -0.434. The van der Waals surface area contributed by atoms with E-state index < -0.39 is 35.5 Å². The lowest BCUT2D eigenvalue weighted by molar-refractivity contribution is -0.212. The van der Waals surface area contributed by atoms with E-state index >= 15 is 0 Å². The molecule has 0 aliphatic heterocycles. The highest BCUT2D eigenvalue weighted by molar-refractivity contribution is 7.81. The molecule has 4 rings (SSSR count). The zero-order chi connectivity index (χ0) is 16.0. The number of carbonyl (C=O) groups is 3. The minimum Gasteiger partial charge on any atom is -0.481 e. The van der Waals surface area contributed by atoms with Crippen molar-refractivity contribution in [2.24, 2.45) is 17.3 Å². The largest absolute Gasteiger partial charge is 0.481 e. The molecule has 1 N–H and O–H groups in total. The van der Waals surface area contributed by atoms with Crippen LogP contribution in [0, 0.1) is 17.3 Å². The molecule has 4 saturated carbocycles. The monoisotopic (exact) mass is 328 g/mol. The van der Waals surface area contributed by atoms with Gasteiger partial charge in [-0.25, -0.2) is 4.79 Å². The normalized spacial score (nSPS) is 38.6. The Balaban J connectivity index is 1.69. The summed E-state index contributed by atoms with van der Waals surface area (Å²) in [7, 11) is 0. The van der Waals surface area contributed by atoms with Gasteiger partial charge in [0.25, 0.3) is 0 Å². The van der Waals surface area contributed by atoms with E-state index in [9.17, 15) is 19.5 Å². The van der Waals surface area contributed by atoms with Gasteiger partial charge in [-0.1, -0.05) is 0 Å². The van der Waals surface area contributed by atoms with Crippen LogP contribution in [0.4, 0.5) is 0 Å². The molecular weight excluding hydrogens is 308 g/mol. The van der Waals surface area contributed by atoms with E-state index in [1.165, 1.54) is 0 Å². The van der Waals surface area contributed by atoms with Crippen molar-refractivity contribution >= 4 is 30.5 Å². The number of hydrogen-bond acceptors (Lipinski definition) is 6. The zero-order valence-corrected chi connectivity index (χ0v) is 13.1. The molecule has 0 saturated heterocycles. The number of carbonyl (C=O) groups excluding carboxylic acids is 2. The van der Waals surface area contributed by atoms with Crippen LogP contribution in [0.15, 0.2) is 0 Å². The summed E-state index contributed by atoms with van der Waals surface area (Å²) in [6, 6.07) is 0. The Morgan fingerprint density at radius 1 is 1.09 bits per heavy atom. The summed E-state index contributed by atoms with van der Waals surface area (Å²) >= 11 is 3.76. The smallest absolute Gasteiger partial charge is 0.344 e. The first-order valence-electron chi connectivity index (χ1n) is 7.58. The quantitative estimate of drug-likeness (QED) is 0.586. The first-order valence-corrected chi connectivity index (χ1v) is 8.21. The van der Waals surface area contributed by atoms with Crippen LogP contribution in [-0.2, 0) is 23.9 Å². The maximum Gasteiger partial charge on any atom is 0.344 e. The van der Waals surface area contributed by atoms with E-state index in [-0.39, 0.29) is 5.75 Å². The maximum atomic E-state index is 12.0. The number of esters is 2. The average Bonchev–Trinajstić information content (AvgIpc) is 2.42. The van der Waals surface area contributed by atoms with Gasteiger partial charge in [0.05, 0.1) is 11.2 Å². The Hall–Kier alpha value is -1.24. The Morgan fingerprint density at radius 2 is 1.73 bits per heavy atom. The highest BCUT2D eigenvalue weighted by atomic mass is 32.1. The molecule has 6 nitrogen and oxygen atoms in total. The molecule has 4 fully saturated rings. The van der Waals surface area contributed by atoms with Crippen molar-refractivity contribution in [1.82, 2.24) is 0 Å². The Kier molecular flexibility index (Phi) is 3.87. The maximum absolute atomic E-state index is 12.0. The summed E-state index contributed by atoms with van der Waals surface area (Å²) < 4.78 is 10.3. The minimum atomic E-state index is -0.775. The van der Waals surface area contributed by atoms with E-state index in [1.807, 2.05) is 0 Å². The van der Waals surface area contributed by atoms with Crippen LogP contribution in [0.3, 0.4) is 0 Å². The lowest BCUT2D eigenvalue weighted by Crippen LogP contribution is -2.59. The van der Waals surface area contributed by atoms with Crippen molar-refractivity contribution in [2.45, 2.75) is 44.1 Å². The van der Waals surface area contributed by atoms with E-state index in [4.69, 9.17) is 9.47 Å². The number of aliphatic carboxylic acids is 1. The highest BCUT2D eigenvalue weighted by Crippen LogP contribution is 2.62. The van der Waals surface area contributed by atoms with Gasteiger partial charge < -0.3 is 14.6 Å². The zero-order valence-electron chi connectivity index (χ0n) is 12.2. The van der Waals surface area contributed by atoms with Gasteiger partial charge in [0.1, 0.15) is 5.60 Å². The predicted molar refractivity (Wildman–Crippen MR) is 78.4 cm³/mol. The fourth-order valence-electron chi connectivity index (χ4n) is 5.00. The molecule has 0 aromatic heterocycles. The first kappa shape index (κ1) is 15.6. The average molecular weight is 328 g/mol. The van der Waals surface area contributed by atoms with Crippen molar-refractivity contribution < 1.29 is 29.0 Å². The van der Waals surface area contributed by atoms with Gasteiger partial charge in [-0.2, -0.15) is 12.6 Å². The van der Waals surface area contributed by atoms with E-state index in [0.717, 1.165) is 19.3 Å². The Bertz CT molecular complexity index is 502. The van der Waals surface area contributed by atoms with E-state index in [2.05, 4.69) is 12.6 Å². The summed E-state index contributed by atoms with van der Waals surface area (Å²) in [6.07, 6.45) is 4.24. The predicted octanol–water partition coefficient (Wildman–Crippen LogP) is 1.43. The molecule has 4 aliphatic carbocycles. The molecule has 22 heavy (non-hydrogen) atoms. The number of hydrogen-bond donors (Lipinski definition) is 2. The van der Waals surface area contributed by atoms with E-state index in [0.29, 0.717) is 31.1 Å². The van der Waals surface area contributed by atoms with Crippen LogP contribution >= 0.6 is 12.6 Å². The number of rotatable bonds is 5. The van der Waals surface area contributed by atoms with Crippen molar-refractivity contribution in [3.63, 3.8) is 0 Å². The molecular formula is C15H20O6S. The summed E-state index contributed by atoms with van der Waals surface area (Å²) in [5, 5.41) is 9.62. The molecule has 0 radical (unpaired) electrons. The van der Waals surface area contributed by atoms with Crippen LogP contribution < -0.4 is 0 Å². The van der Waals surface area contributed by atoms with Gasteiger partial charge in [-0.15, -0.1) is 0 Å². The standard InChI is InChI=1S/C15H20O6S/c16-11(6-20-12(17)7-22)21-15-4-9-1-10(5-15)3-14(2-9,8-15)13(18)19/h9-10,22H,1-8H2,(H,18,19). The molecule has 0 heterocycles. The molecule has 2 unspecified atom stereocenters. The molecule has 2 atom stereocenters. The van der Waals surface area contributed by atoms with Crippen LogP contribution in [-0.4, -0.2) is 41.0 Å². The molecule has 4 aliphatic rings. The van der Waals surface area contributed by atoms with Crippen molar-refractivity contribution in [1.29, 1.82) is 0 Å². The van der Waals surface area contributed by atoms with Gasteiger partial charge >= 0.3 is 17.9 Å². The van der Waals surface area contributed by atoms with Gasteiger partial charge in [0.15, 0.2) is 6.61 Å². The SMILES string of the molecule is O=C(CS)OCC(=O)OC12CC3CC(C1)CC(C(=O)O)(C3)C2. The van der Waals surface area contributed by atoms with Gasteiger partial charge in [-0.05, 0) is 43.9 Å². The topological polar surface area (TPSA) is 89.9 Å². The number of carboxylic acid groups (broad SMARTS) is 1. The molecule has 122 valence electrons. The lowest BCUT2D eigenvalue weighted by atomic mass is 9.48. The molecule has 0 aromatic carbocycles. The molecule has 4 bridgehead atoms. The van der Waals surface area contributed by atoms with Crippen molar-refractivity contribution in [3.8, 4) is 0 Å². The molecule has 7 heteroatoms. The lowest BCUT2D eigenvalue weighted by Gasteiger charge is -2.59. The second-order valence-corrected chi connectivity index (χ2v) is 7.34. The van der Waals surface area contributed by atoms with Gasteiger partial charge in [-0.3, -0.25) is 9.59 Å².